The van der Waals surface area contributed by atoms with Crippen molar-refractivity contribution in [3.8, 4) is 0 Å². The first kappa shape index (κ1) is 13.8. The van der Waals surface area contributed by atoms with Crippen LogP contribution in [0.2, 0.25) is 0 Å². The number of hydrogen-bond acceptors (Lipinski definition) is 4. The van der Waals surface area contributed by atoms with Crippen molar-refractivity contribution in [2.45, 2.75) is 19.3 Å². The van der Waals surface area contributed by atoms with Crippen molar-refractivity contribution in [1.82, 2.24) is 15.1 Å². The molecule has 1 atom stereocenters. The molecule has 2 heterocycles. The maximum absolute atomic E-state index is 12.5. The lowest BCUT2D eigenvalue weighted by Gasteiger charge is -2.34. The molecule has 3 fully saturated rings. The highest BCUT2D eigenvalue weighted by molar-refractivity contribution is 5.83. The minimum atomic E-state index is -0.791. The Hall–Kier alpha value is -1.14. The summed E-state index contributed by atoms with van der Waals surface area (Å²) in [5.74, 6) is -0.252. The Morgan fingerprint density at radius 1 is 1.15 bits per heavy atom. The van der Waals surface area contributed by atoms with Crippen LogP contribution in [-0.4, -0.2) is 72.6 Å². The number of aliphatic carboxylic acids is 1. The van der Waals surface area contributed by atoms with E-state index in [1.165, 1.54) is 0 Å². The second-order valence-electron chi connectivity index (χ2n) is 6.36. The topological polar surface area (TPSA) is 72.9 Å². The molecule has 2 saturated heterocycles. The van der Waals surface area contributed by atoms with E-state index in [9.17, 15) is 9.59 Å². The van der Waals surface area contributed by atoms with Gasteiger partial charge in [-0.3, -0.25) is 14.5 Å². The maximum atomic E-state index is 12.5. The van der Waals surface area contributed by atoms with Gasteiger partial charge in [0.05, 0.1) is 6.54 Å². The summed E-state index contributed by atoms with van der Waals surface area (Å²) in [5.41, 5.74) is 0.292. The third kappa shape index (κ3) is 2.67. The van der Waals surface area contributed by atoms with Crippen molar-refractivity contribution in [3.63, 3.8) is 0 Å². The summed E-state index contributed by atoms with van der Waals surface area (Å²) in [6.45, 7) is 4.87. The number of nitrogens with one attached hydrogen (secondary N) is 1. The van der Waals surface area contributed by atoms with E-state index >= 15 is 0 Å². The summed E-state index contributed by atoms with van der Waals surface area (Å²) >= 11 is 0. The van der Waals surface area contributed by atoms with Crippen molar-refractivity contribution >= 4 is 11.9 Å². The summed E-state index contributed by atoms with van der Waals surface area (Å²) in [6.07, 6.45) is 3.31. The summed E-state index contributed by atoms with van der Waals surface area (Å²) in [5, 5.41) is 12.1. The molecule has 1 aliphatic carbocycles. The highest BCUT2D eigenvalue weighted by Gasteiger charge is 2.58. The molecule has 6 nitrogen and oxygen atoms in total. The van der Waals surface area contributed by atoms with E-state index in [2.05, 4.69) is 5.32 Å². The molecule has 0 aromatic carbocycles. The molecule has 2 aliphatic heterocycles. The molecule has 0 aromatic heterocycles. The molecule has 0 bridgehead atoms. The molecule has 20 heavy (non-hydrogen) atoms. The lowest BCUT2D eigenvalue weighted by molar-refractivity contribution is -0.139. The van der Waals surface area contributed by atoms with Crippen LogP contribution in [0.15, 0.2) is 0 Å². The quantitative estimate of drug-likeness (QED) is 0.737. The van der Waals surface area contributed by atoms with Gasteiger partial charge in [-0.1, -0.05) is 0 Å². The molecule has 0 aromatic rings. The predicted molar refractivity (Wildman–Crippen MR) is 73.3 cm³/mol. The summed E-state index contributed by atoms with van der Waals surface area (Å²) < 4.78 is 0. The monoisotopic (exact) mass is 281 g/mol. The van der Waals surface area contributed by atoms with Crippen molar-refractivity contribution in [2.24, 2.45) is 11.3 Å². The van der Waals surface area contributed by atoms with Gasteiger partial charge in [0.1, 0.15) is 0 Å². The van der Waals surface area contributed by atoms with Gasteiger partial charge in [-0.05, 0) is 37.8 Å². The van der Waals surface area contributed by atoms with Crippen molar-refractivity contribution in [2.75, 3.05) is 45.8 Å². The van der Waals surface area contributed by atoms with Crippen molar-refractivity contribution < 1.29 is 14.7 Å². The minimum Gasteiger partial charge on any atom is -0.480 e. The number of carboxylic acid groups (broad SMARTS) is 1. The van der Waals surface area contributed by atoms with E-state index in [4.69, 9.17) is 5.11 Å². The van der Waals surface area contributed by atoms with Gasteiger partial charge in [-0.25, -0.2) is 0 Å². The van der Waals surface area contributed by atoms with Gasteiger partial charge in [0.15, 0.2) is 0 Å². The van der Waals surface area contributed by atoms with Crippen LogP contribution in [0.4, 0.5) is 0 Å². The van der Waals surface area contributed by atoms with E-state index in [1.807, 2.05) is 9.80 Å². The molecule has 1 spiro atoms. The lowest BCUT2D eigenvalue weighted by Crippen LogP contribution is -2.50. The molecule has 0 radical (unpaired) electrons. The largest absolute Gasteiger partial charge is 0.480 e. The molecule has 2 N–H and O–H groups in total. The predicted octanol–water partition coefficient (Wildman–Crippen LogP) is -0.395. The number of carbonyl (C=O) groups is 2. The van der Waals surface area contributed by atoms with Crippen LogP contribution in [-0.2, 0) is 9.59 Å². The number of carboxylic acids is 1. The molecule has 1 amide bonds. The highest BCUT2D eigenvalue weighted by Crippen LogP contribution is 2.59. The van der Waals surface area contributed by atoms with Gasteiger partial charge < -0.3 is 15.3 Å². The average Bonchev–Trinajstić information content (AvgIpc) is 3.12. The third-order valence-corrected chi connectivity index (χ3v) is 5.13. The third-order valence-electron chi connectivity index (χ3n) is 5.13. The average molecular weight is 281 g/mol. The standard InChI is InChI=1S/C14H23N3O3/c18-12(19)10-16-5-7-17(8-6-16)13(20)11-9-14(11)1-3-15-4-2-14/h11,15H,1-10H2,(H,18,19). The number of piperazine rings is 1. The van der Waals surface area contributed by atoms with Gasteiger partial charge in [0, 0.05) is 32.1 Å². The first-order valence-electron chi connectivity index (χ1n) is 7.54. The molecular formula is C14H23N3O3. The van der Waals surface area contributed by atoms with Gasteiger partial charge in [0.25, 0.3) is 0 Å². The van der Waals surface area contributed by atoms with Gasteiger partial charge in [0.2, 0.25) is 5.91 Å². The number of hydrogen-bond donors (Lipinski definition) is 2. The minimum absolute atomic E-state index is 0.0844. The van der Waals surface area contributed by atoms with Crippen molar-refractivity contribution in [3.05, 3.63) is 0 Å². The number of piperidine rings is 1. The molecular weight excluding hydrogens is 258 g/mol. The Labute approximate surface area is 119 Å². The Morgan fingerprint density at radius 3 is 2.40 bits per heavy atom. The first-order chi connectivity index (χ1) is 9.61. The fourth-order valence-corrected chi connectivity index (χ4v) is 3.71. The summed E-state index contributed by atoms with van der Waals surface area (Å²) in [7, 11) is 0. The van der Waals surface area contributed by atoms with Crippen LogP contribution in [0.1, 0.15) is 19.3 Å². The number of carbonyl (C=O) groups excluding carboxylic acids is 1. The highest BCUT2D eigenvalue weighted by atomic mass is 16.4. The van der Waals surface area contributed by atoms with Gasteiger partial charge in [-0.2, -0.15) is 0 Å². The van der Waals surface area contributed by atoms with E-state index in [-0.39, 0.29) is 12.5 Å². The Bertz CT molecular complexity index is 398. The first-order valence-corrected chi connectivity index (χ1v) is 7.54. The van der Waals surface area contributed by atoms with Crippen LogP contribution in [0.25, 0.3) is 0 Å². The van der Waals surface area contributed by atoms with Gasteiger partial charge >= 0.3 is 5.97 Å². The zero-order chi connectivity index (χ0) is 14.2. The zero-order valence-electron chi connectivity index (χ0n) is 11.8. The zero-order valence-corrected chi connectivity index (χ0v) is 11.8. The molecule has 3 rings (SSSR count). The Balaban J connectivity index is 1.49. The van der Waals surface area contributed by atoms with Crippen LogP contribution in [0.5, 0.6) is 0 Å². The van der Waals surface area contributed by atoms with E-state index in [0.717, 1.165) is 32.4 Å². The van der Waals surface area contributed by atoms with E-state index < -0.39 is 5.97 Å². The second kappa shape index (κ2) is 5.33. The number of rotatable bonds is 3. The number of amides is 1. The van der Waals surface area contributed by atoms with Crippen LogP contribution in [0.3, 0.4) is 0 Å². The SMILES string of the molecule is O=C(O)CN1CCN(C(=O)C2CC23CCNCC3)CC1. The second-order valence-corrected chi connectivity index (χ2v) is 6.36. The molecule has 6 heteroatoms. The van der Waals surface area contributed by atoms with E-state index in [1.54, 1.807) is 0 Å². The maximum Gasteiger partial charge on any atom is 0.317 e. The van der Waals surface area contributed by atoms with Crippen LogP contribution >= 0.6 is 0 Å². The molecule has 1 saturated carbocycles. The Morgan fingerprint density at radius 2 is 1.80 bits per heavy atom. The molecule has 112 valence electrons. The normalized spacial score (nSPS) is 29.4. The smallest absolute Gasteiger partial charge is 0.317 e. The fourth-order valence-electron chi connectivity index (χ4n) is 3.71. The molecule has 3 aliphatic rings. The van der Waals surface area contributed by atoms with Crippen LogP contribution < -0.4 is 5.32 Å². The molecule has 1 unspecified atom stereocenters. The summed E-state index contributed by atoms with van der Waals surface area (Å²) in [6, 6.07) is 0. The Kier molecular flexibility index (Phi) is 3.69. The lowest BCUT2D eigenvalue weighted by atomic mass is 9.91. The number of nitrogens with zero attached hydrogens (tertiary/aromatic N) is 2. The van der Waals surface area contributed by atoms with Gasteiger partial charge in [-0.15, -0.1) is 0 Å². The van der Waals surface area contributed by atoms with Crippen molar-refractivity contribution in [1.29, 1.82) is 0 Å². The van der Waals surface area contributed by atoms with E-state index in [0.29, 0.717) is 37.5 Å². The van der Waals surface area contributed by atoms with Crippen LogP contribution in [0, 0.1) is 11.3 Å². The summed E-state index contributed by atoms with van der Waals surface area (Å²) in [4.78, 5) is 27.1. The fraction of sp³-hybridized carbons (Fsp3) is 0.857.